The molecular formula is C12H20ClN3. The van der Waals surface area contributed by atoms with E-state index in [1.807, 2.05) is 6.07 Å². The van der Waals surface area contributed by atoms with Gasteiger partial charge in [0.15, 0.2) is 0 Å². The van der Waals surface area contributed by atoms with Crippen molar-refractivity contribution in [1.82, 2.24) is 10.4 Å². The number of nitrogens with zero attached hydrogens (tertiary/aromatic N) is 1. The van der Waals surface area contributed by atoms with E-state index in [9.17, 15) is 0 Å². The van der Waals surface area contributed by atoms with Gasteiger partial charge >= 0.3 is 0 Å². The van der Waals surface area contributed by atoms with E-state index in [2.05, 4.69) is 24.3 Å². The molecule has 1 aromatic heterocycles. The molecule has 0 aromatic carbocycles. The number of halogens is 1. The highest BCUT2D eigenvalue weighted by molar-refractivity contribution is 6.31. The summed E-state index contributed by atoms with van der Waals surface area (Å²) >= 11 is 6.06. The van der Waals surface area contributed by atoms with Crippen molar-refractivity contribution in [3.63, 3.8) is 0 Å². The summed E-state index contributed by atoms with van der Waals surface area (Å²) in [5.74, 6) is 6.25. The Morgan fingerprint density at radius 2 is 2.19 bits per heavy atom. The Kier molecular flexibility index (Phi) is 5.74. The minimum atomic E-state index is 0.280. The molecule has 0 aliphatic rings. The average molecular weight is 242 g/mol. The first kappa shape index (κ1) is 13.4. The second kappa shape index (κ2) is 6.84. The fourth-order valence-corrected chi connectivity index (χ4v) is 1.81. The Morgan fingerprint density at radius 1 is 1.44 bits per heavy atom. The van der Waals surface area contributed by atoms with E-state index in [-0.39, 0.29) is 6.04 Å². The molecule has 4 heteroatoms. The quantitative estimate of drug-likeness (QED) is 0.595. The minimum absolute atomic E-state index is 0.280. The van der Waals surface area contributed by atoms with Gasteiger partial charge < -0.3 is 0 Å². The third kappa shape index (κ3) is 4.47. The van der Waals surface area contributed by atoms with Crippen LogP contribution in [0.4, 0.5) is 0 Å². The van der Waals surface area contributed by atoms with Gasteiger partial charge in [0.1, 0.15) is 0 Å². The number of aromatic nitrogens is 1. The number of hydrogen-bond donors (Lipinski definition) is 2. The molecule has 3 N–H and O–H groups in total. The van der Waals surface area contributed by atoms with Gasteiger partial charge in [0.2, 0.25) is 0 Å². The van der Waals surface area contributed by atoms with Crippen molar-refractivity contribution in [2.45, 2.75) is 39.2 Å². The number of nitrogens with one attached hydrogen (secondary N) is 1. The zero-order valence-corrected chi connectivity index (χ0v) is 10.7. The zero-order valence-electron chi connectivity index (χ0n) is 9.91. The van der Waals surface area contributed by atoms with Crippen LogP contribution in [0.3, 0.4) is 0 Å². The summed E-state index contributed by atoms with van der Waals surface area (Å²) in [7, 11) is 0. The van der Waals surface area contributed by atoms with Crippen LogP contribution in [-0.2, 0) is 6.42 Å². The number of rotatable bonds is 6. The molecule has 90 valence electrons. The lowest BCUT2D eigenvalue weighted by Crippen LogP contribution is -2.37. The summed E-state index contributed by atoms with van der Waals surface area (Å²) in [4.78, 5) is 3.97. The van der Waals surface area contributed by atoms with Crippen molar-refractivity contribution in [2.75, 3.05) is 0 Å². The standard InChI is InChI=1S/C12H20ClN3/c1-9(2)3-4-11(16-14)7-10-5-6-15-8-12(10)13/h5-6,8-9,11,16H,3-4,7,14H2,1-2H3. The number of nitrogens with two attached hydrogens (primary N) is 1. The van der Waals surface area contributed by atoms with Crippen LogP contribution < -0.4 is 11.3 Å². The largest absolute Gasteiger partial charge is 0.271 e. The molecule has 3 nitrogen and oxygen atoms in total. The van der Waals surface area contributed by atoms with Crippen molar-refractivity contribution >= 4 is 11.6 Å². The second-order valence-electron chi connectivity index (χ2n) is 4.51. The lowest BCUT2D eigenvalue weighted by atomic mass is 9.99. The maximum Gasteiger partial charge on any atom is 0.0621 e. The smallest absolute Gasteiger partial charge is 0.0621 e. The first-order chi connectivity index (χ1) is 7.63. The third-order valence-electron chi connectivity index (χ3n) is 2.65. The van der Waals surface area contributed by atoms with Crippen LogP contribution in [0.15, 0.2) is 18.5 Å². The topological polar surface area (TPSA) is 50.9 Å². The van der Waals surface area contributed by atoms with Gasteiger partial charge in [0, 0.05) is 18.4 Å². The van der Waals surface area contributed by atoms with E-state index in [0.717, 1.165) is 24.8 Å². The molecule has 0 fully saturated rings. The molecule has 1 aromatic rings. The van der Waals surface area contributed by atoms with Crippen LogP contribution in [0.25, 0.3) is 0 Å². The minimum Gasteiger partial charge on any atom is -0.271 e. The van der Waals surface area contributed by atoms with Crippen LogP contribution in [0.2, 0.25) is 5.02 Å². The molecule has 1 rings (SSSR count). The molecule has 0 radical (unpaired) electrons. The molecule has 1 unspecified atom stereocenters. The summed E-state index contributed by atoms with van der Waals surface area (Å²) in [6, 6.07) is 2.23. The highest BCUT2D eigenvalue weighted by atomic mass is 35.5. The van der Waals surface area contributed by atoms with Crippen LogP contribution in [0.5, 0.6) is 0 Å². The normalized spacial score (nSPS) is 13.1. The molecule has 16 heavy (non-hydrogen) atoms. The van der Waals surface area contributed by atoms with Crippen molar-refractivity contribution in [3.8, 4) is 0 Å². The maximum atomic E-state index is 6.06. The summed E-state index contributed by atoms with van der Waals surface area (Å²) in [6.07, 6.45) is 6.51. The van der Waals surface area contributed by atoms with Gasteiger partial charge in [-0.3, -0.25) is 16.3 Å². The van der Waals surface area contributed by atoms with Gasteiger partial charge in [-0.1, -0.05) is 25.4 Å². The van der Waals surface area contributed by atoms with Gasteiger partial charge in [-0.15, -0.1) is 0 Å². The molecule has 0 saturated carbocycles. The summed E-state index contributed by atoms with van der Waals surface area (Å²) in [5.41, 5.74) is 3.95. The first-order valence-corrected chi connectivity index (χ1v) is 6.05. The summed E-state index contributed by atoms with van der Waals surface area (Å²) < 4.78 is 0. The average Bonchev–Trinajstić information content (AvgIpc) is 2.26. The van der Waals surface area contributed by atoms with E-state index in [1.165, 1.54) is 0 Å². The molecule has 0 aliphatic carbocycles. The van der Waals surface area contributed by atoms with Gasteiger partial charge in [-0.05, 0) is 36.8 Å². The second-order valence-corrected chi connectivity index (χ2v) is 4.91. The molecule has 1 atom stereocenters. The van der Waals surface area contributed by atoms with E-state index < -0.39 is 0 Å². The number of hydrogen-bond acceptors (Lipinski definition) is 3. The first-order valence-electron chi connectivity index (χ1n) is 5.68. The molecule has 1 heterocycles. The van der Waals surface area contributed by atoms with Crippen LogP contribution in [0, 0.1) is 5.92 Å². The van der Waals surface area contributed by atoms with Gasteiger partial charge in [0.25, 0.3) is 0 Å². The molecule has 0 amide bonds. The van der Waals surface area contributed by atoms with Crippen molar-refractivity contribution in [1.29, 1.82) is 0 Å². The lowest BCUT2D eigenvalue weighted by molar-refractivity contribution is 0.434. The van der Waals surface area contributed by atoms with Crippen LogP contribution in [-0.4, -0.2) is 11.0 Å². The fraction of sp³-hybridized carbons (Fsp3) is 0.583. The molecular weight excluding hydrogens is 222 g/mol. The lowest BCUT2D eigenvalue weighted by Gasteiger charge is -2.17. The number of pyridine rings is 1. The van der Waals surface area contributed by atoms with Gasteiger partial charge in [-0.25, -0.2) is 0 Å². The Balaban J connectivity index is 2.53. The monoisotopic (exact) mass is 241 g/mol. The maximum absolute atomic E-state index is 6.06. The van der Waals surface area contributed by atoms with E-state index in [1.54, 1.807) is 12.4 Å². The van der Waals surface area contributed by atoms with E-state index in [0.29, 0.717) is 10.9 Å². The zero-order chi connectivity index (χ0) is 12.0. The Labute approximate surface area is 102 Å². The molecule has 0 spiro atoms. The van der Waals surface area contributed by atoms with Gasteiger partial charge in [-0.2, -0.15) is 0 Å². The summed E-state index contributed by atoms with van der Waals surface area (Å²) in [6.45, 7) is 4.43. The van der Waals surface area contributed by atoms with Crippen LogP contribution >= 0.6 is 11.6 Å². The third-order valence-corrected chi connectivity index (χ3v) is 2.99. The van der Waals surface area contributed by atoms with Gasteiger partial charge in [0.05, 0.1) is 5.02 Å². The fourth-order valence-electron chi connectivity index (χ4n) is 1.61. The van der Waals surface area contributed by atoms with Crippen molar-refractivity contribution < 1.29 is 0 Å². The highest BCUT2D eigenvalue weighted by Crippen LogP contribution is 2.17. The Bertz CT molecular complexity index is 315. The van der Waals surface area contributed by atoms with Crippen molar-refractivity contribution in [2.24, 2.45) is 11.8 Å². The van der Waals surface area contributed by atoms with E-state index in [4.69, 9.17) is 17.4 Å². The predicted octanol–water partition coefficient (Wildman–Crippen LogP) is 2.55. The SMILES string of the molecule is CC(C)CCC(Cc1ccncc1Cl)NN. The molecule has 0 aliphatic heterocycles. The molecule has 0 bridgehead atoms. The van der Waals surface area contributed by atoms with Crippen LogP contribution in [0.1, 0.15) is 32.3 Å². The Morgan fingerprint density at radius 3 is 2.75 bits per heavy atom. The van der Waals surface area contributed by atoms with E-state index >= 15 is 0 Å². The molecule has 0 saturated heterocycles. The summed E-state index contributed by atoms with van der Waals surface area (Å²) in [5, 5.41) is 0.715. The Hall–Kier alpha value is -0.640. The highest BCUT2D eigenvalue weighted by Gasteiger charge is 2.10. The van der Waals surface area contributed by atoms with Crippen molar-refractivity contribution in [3.05, 3.63) is 29.0 Å². The predicted molar refractivity (Wildman–Crippen MR) is 68.1 cm³/mol. The number of hydrazine groups is 1.